The molecule has 0 aliphatic carbocycles. The van der Waals surface area contributed by atoms with Gasteiger partial charge in [-0.25, -0.2) is 9.96 Å². The van der Waals surface area contributed by atoms with E-state index in [2.05, 4.69) is 13.8 Å². The third-order valence-corrected chi connectivity index (χ3v) is 5.53. The summed E-state index contributed by atoms with van der Waals surface area (Å²) in [5.74, 6) is 0.0615. The number of para-hydroxylation sites is 1. The lowest BCUT2D eigenvalue weighted by atomic mass is 9.90. The Hall–Kier alpha value is -2.86. The van der Waals surface area contributed by atoms with Crippen molar-refractivity contribution in [2.45, 2.75) is 45.8 Å². The topological polar surface area (TPSA) is 59.1 Å². The molecule has 2 aromatic carbocycles. The summed E-state index contributed by atoms with van der Waals surface area (Å²) >= 11 is 0. The average Bonchev–Trinajstić information content (AvgIpc) is 3.23. The molecule has 0 radical (unpaired) electrons. The molecule has 0 unspecified atom stereocenters. The Morgan fingerprint density at radius 3 is 2.30 bits per heavy atom. The van der Waals surface area contributed by atoms with Crippen molar-refractivity contribution in [3.8, 4) is 5.75 Å². The highest BCUT2D eigenvalue weighted by atomic mass is 16.7. The Bertz CT molecular complexity index is 897. The molecule has 6 nitrogen and oxygen atoms in total. The van der Waals surface area contributed by atoms with E-state index >= 15 is 0 Å². The number of hydrogen-bond acceptors (Lipinski definition) is 5. The largest absolute Gasteiger partial charge is 0.494 e. The van der Waals surface area contributed by atoms with Gasteiger partial charge in [0, 0.05) is 0 Å². The number of anilines is 2. The van der Waals surface area contributed by atoms with Crippen molar-refractivity contribution >= 4 is 23.2 Å². The van der Waals surface area contributed by atoms with Gasteiger partial charge in [0.1, 0.15) is 5.75 Å². The van der Waals surface area contributed by atoms with Gasteiger partial charge in [0.25, 0.3) is 5.91 Å². The van der Waals surface area contributed by atoms with Gasteiger partial charge >= 0.3 is 0 Å². The summed E-state index contributed by atoms with van der Waals surface area (Å²) in [6.07, 6.45) is 0.880. The SMILES string of the molecule is CCCOc1ccc(N2C(=O)[C@H]3[C@H](ON(c4ccccc4)[C@H]3CC(C)C)C2=O)cc1. The number of rotatable bonds is 7. The van der Waals surface area contributed by atoms with Crippen LogP contribution in [0.1, 0.15) is 33.6 Å². The monoisotopic (exact) mass is 408 g/mol. The summed E-state index contributed by atoms with van der Waals surface area (Å²) in [7, 11) is 0. The molecule has 0 bridgehead atoms. The Balaban J connectivity index is 1.60. The highest BCUT2D eigenvalue weighted by Crippen LogP contribution is 2.42. The molecular formula is C24H28N2O4. The van der Waals surface area contributed by atoms with E-state index in [-0.39, 0.29) is 17.9 Å². The predicted molar refractivity (Wildman–Crippen MR) is 115 cm³/mol. The standard InChI is InChI=1S/C24H28N2O4/c1-4-14-29-19-12-10-17(11-13-19)25-23(27)21-20(15-16(2)3)26(30-22(21)24(25)28)18-8-6-5-7-9-18/h5-13,16,20-22H,4,14-15H2,1-3H3/t20-,21+,22-/m0/s1. The third-order valence-electron chi connectivity index (χ3n) is 5.53. The first-order valence-electron chi connectivity index (χ1n) is 10.6. The summed E-state index contributed by atoms with van der Waals surface area (Å²) in [5, 5.41) is 1.77. The normalized spacial score (nSPS) is 23.4. The number of hydrogen-bond donors (Lipinski definition) is 0. The molecular weight excluding hydrogens is 380 g/mol. The number of amides is 2. The van der Waals surface area contributed by atoms with Crippen LogP contribution in [0.25, 0.3) is 0 Å². The Labute approximate surface area is 177 Å². The first-order valence-corrected chi connectivity index (χ1v) is 10.6. The molecule has 2 aliphatic heterocycles. The molecule has 2 aliphatic rings. The minimum Gasteiger partial charge on any atom is -0.494 e. The van der Waals surface area contributed by atoms with Crippen LogP contribution < -0.4 is 14.7 Å². The summed E-state index contributed by atoms with van der Waals surface area (Å²) in [6.45, 7) is 6.90. The number of fused-ring (bicyclic) bond motifs is 1. The molecule has 6 heteroatoms. The first kappa shape index (κ1) is 20.4. The highest BCUT2D eigenvalue weighted by Gasteiger charge is 2.59. The minimum atomic E-state index is -0.794. The molecule has 0 N–H and O–H groups in total. The number of carbonyl (C=O) groups excluding carboxylic acids is 2. The number of nitrogens with zero attached hydrogens (tertiary/aromatic N) is 2. The smallest absolute Gasteiger partial charge is 0.266 e. The van der Waals surface area contributed by atoms with E-state index in [1.54, 1.807) is 29.3 Å². The molecule has 4 rings (SSSR count). The van der Waals surface area contributed by atoms with Crippen molar-refractivity contribution in [1.82, 2.24) is 0 Å². The highest BCUT2D eigenvalue weighted by molar-refractivity contribution is 6.23. The molecule has 30 heavy (non-hydrogen) atoms. The molecule has 0 aromatic heterocycles. The molecule has 3 atom stereocenters. The van der Waals surface area contributed by atoms with Crippen LogP contribution in [0.3, 0.4) is 0 Å². The third kappa shape index (κ3) is 3.67. The second-order valence-corrected chi connectivity index (χ2v) is 8.26. The van der Waals surface area contributed by atoms with Gasteiger partial charge in [-0.3, -0.25) is 14.4 Å². The van der Waals surface area contributed by atoms with Crippen LogP contribution in [0, 0.1) is 11.8 Å². The van der Waals surface area contributed by atoms with E-state index in [0.29, 0.717) is 18.2 Å². The summed E-state index contributed by atoms with van der Waals surface area (Å²) in [5.41, 5.74) is 1.42. The van der Waals surface area contributed by atoms with Gasteiger partial charge in [0.15, 0.2) is 6.10 Å². The van der Waals surface area contributed by atoms with Gasteiger partial charge in [0.2, 0.25) is 5.91 Å². The molecule has 2 amide bonds. The molecule has 158 valence electrons. The molecule has 2 saturated heterocycles. The molecule has 2 heterocycles. The Morgan fingerprint density at radius 2 is 1.67 bits per heavy atom. The van der Waals surface area contributed by atoms with E-state index in [1.807, 2.05) is 37.3 Å². The van der Waals surface area contributed by atoms with E-state index in [4.69, 9.17) is 9.57 Å². The molecule has 0 spiro atoms. The fourth-order valence-corrected chi connectivity index (χ4v) is 4.21. The molecule has 2 aromatic rings. The zero-order valence-electron chi connectivity index (χ0n) is 17.7. The predicted octanol–water partition coefficient (Wildman–Crippen LogP) is 4.20. The van der Waals surface area contributed by atoms with Crippen molar-refractivity contribution in [3.63, 3.8) is 0 Å². The fourth-order valence-electron chi connectivity index (χ4n) is 4.21. The van der Waals surface area contributed by atoms with Crippen LogP contribution >= 0.6 is 0 Å². The van der Waals surface area contributed by atoms with E-state index < -0.39 is 12.0 Å². The lowest BCUT2D eigenvalue weighted by molar-refractivity contribution is -0.126. The number of carbonyl (C=O) groups is 2. The van der Waals surface area contributed by atoms with Crippen LogP contribution in [0.4, 0.5) is 11.4 Å². The van der Waals surface area contributed by atoms with Gasteiger partial charge in [0.05, 0.1) is 29.9 Å². The molecule has 2 fully saturated rings. The molecule has 0 saturated carbocycles. The Morgan fingerprint density at radius 1 is 0.967 bits per heavy atom. The van der Waals surface area contributed by atoms with Crippen molar-refractivity contribution in [3.05, 3.63) is 54.6 Å². The van der Waals surface area contributed by atoms with Crippen LogP contribution in [0.2, 0.25) is 0 Å². The maximum absolute atomic E-state index is 13.4. The number of ether oxygens (including phenoxy) is 1. The number of hydroxylamine groups is 1. The van der Waals surface area contributed by atoms with Gasteiger partial charge in [-0.15, -0.1) is 0 Å². The second kappa shape index (κ2) is 8.48. The fraction of sp³-hybridized carbons (Fsp3) is 0.417. The number of imide groups is 1. The quantitative estimate of drug-likeness (QED) is 0.643. The van der Waals surface area contributed by atoms with Gasteiger partial charge in [-0.1, -0.05) is 39.0 Å². The average molecular weight is 408 g/mol. The van der Waals surface area contributed by atoms with Crippen LogP contribution in [-0.2, 0) is 14.4 Å². The van der Waals surface area contributed by atoms with Gasteiger partial charge < -0.3 is 4.74 Å². The Kier molecular flexibility index (Phi) is 5.77. The van der Waals surface area contributed by atoms with Crippen molar-refractivity contribution in [2.24, 2.45) is 11.8 Å². The second-order valence-electron chi connectivity index (χ2n) is 8.26. The van der Waals surface area contributed by atoms with Crippen molar-refractivity contribution < 1.29 is 19.2 Å². The summed E-state index contributed by atoms with van der Waals surface area (Å²) < 4.78 is 5.61. The van der Waals surface area contributed by atoms with Crippen molar-refractivity contribution in [2.75, 3.05) is 16.6 Å². The number of benzene rings is 2. The lowest BCUT2D eigenvalue weighted by Gasteiger charge is -2.29. The van der Waals surface area contributed by atoms with Crippen LogP contribution in [-0.4, -0.2) is 30.6 Å². The zero-order chi connectivity index (χ0) is 21.3. The maximum Gasteiger partial charge on any atom is 0.266 e. The first-order chi connectivity index (χ1) is 14.5. The minimum absolute atomic E-state index is 0.189. The van der Waals surface area contributed by atoms with Gasteiger partial charge in [-0.05, 0) is 55.2 Å². The maximum atomic E-state index is 13.4. The van der Waals surface area contributed by atoms with Crippen LogP contribution in [0.15, 0.2) is 54.6 Å². The van der Waals surface area contributed by atoms with E-state index in [9.17, 15) is 9.59 Å². The summed E-state index contributed by atoms with van der Waals surface area (Å²) in [4.78, 5) is 33.9. The lowest BCUT2D eigenvalue weighted by Crippen LogP contribution is -2.41. The van der Waals surface area contributed by atoms with E-state index in [1.165, 1.54) is 4.90 Å². The van der Waals surface area contributed by atoms with Gasteiger partial charge in [-0.2, -0.15) is 0 Å². The van der Waals surface area contributed by atoms with Crippen LogP contribution in [0.5, 0.6) is 5.75 Å². The zero-order valence-corrected chi connectivity index (χ0v) is 17.7. The summed E-state index contributed by atoms with van der Waals surface area (Å²) in [6, 6.07) is 16.6. The van der Waals surface area contributed by atoms with Crippen molar-refractivity contribution in [1.29, 1.82) is 0 Å². The van der Waals surface area contributed by atoms with E-state index in [0.717, 1.165) is 24.3 Å².